The second-order valence-corrected chi connectivity index (χ2v) is 7.47. The Morgan fingerprint density at radius 2 is 1.95 bits per heavy atom. The molecule has 0 aliphatic rings. The Labute approximate surface area is 123 Å². The number of hydrogen-bond donors (Lipinski definition) is 1. The molecule has 7 heteroatoms. The molecule has 0 spiro atoms. The van der Waals surface area contributed by atoms with E-state index in [4.69, 9.17) is 11.6 Å². The van der Waals surface area contributed by atoms with Crippen LogP contribution in [0.4, 0.5) is 8.78 Å². The van der Waals surface area contributed by atoms with E-state index in [2.05, 4.69) is 4.72 Å². The molecule has 20 heavy (non-hydrogen) atoms. The Morgan fingerprint density at radius 3 is 2.55 bits per heavy atom. The zero-order valence-corrected chi connectivity index (χ0v) is 13.0. The van der Waals surface area contributed by atoms with Crippen LogP contribution in [0.1, 0.15) is 26.7 Å². The maximum Gasteiger partial charge on any atom is 0.243 e. The molecule has 0 bridgehead atoms. The standard InChI is InChI=1S/C13H18ClF2NO2S/c1-13(2,6-3-7-14)9-17-20(18,19)12-8-10(15)4-5-11(12)16/h4-5,8,17H,3,6-7,9H2,1-2H3. The number of nitrogens with one attached hydrogen (secondary N) is 1. The van der Waals surface area contributed by atoms with Gasteiger partial charge in [-0.15, -0.1) is 11.6 Å². The fraction of sp³-hybridized carbons (Fsp3) is 0.538. The summed E-state index contributed by atoms with van der Waals surface area (Å²) in [5.74, 6) is -1.28. The summed E-state index contributed by atoms with van der Waals surface area (Å²) >= 11 is 5.60. The summed E-state index contributed by atoms with van der Waals surface area (Å²) in [5.41, 5.74) is -0.314. The Bertz CT molecular complexity index is 561. The number of halogens is 3. The van der Waals surface area contributed by atoms with E-state index in [1.54, 1.807) is 0 Å². The van der Waals surface area contributed by atoms with E-state index in [0.29, 0.717) is 11.9 Å². The highest BCUT2D eigenvalue weighted by Gasteiger charge is 2.24. The topological polar surface area (TPSA) is 46.2 Å². The third-order valence-electron chi connectivity index (χ3n) is 2.91. The van der Waals surface area contributed by atoms with Gasteiger partial charge in [0.15, 0.2) is 0 Å². The summed E-state index contributed by atoms with van der Waals surface area (Å²) in [7, 11) is -4.07. The summed E-state index contributed by atoms with van der Waals surface area (Å²) in [6.07, 6.45) is 1.48. The average molecular weight is 326 g/mol. The monoisotopic (exact) mass is 325 g/mol. The smallest absolute Gasteiger partial charge is 0.211 e. The lowest BCUT2D eigenvalue weighted by molar-refractivity contribution is 0.331. The van der Waals surface area contributed by atoms with Crippen molar-refractivity contribution in [2.45, 2.75) is 31.6 Å². The molecular weight excluding hydrogens is 308 g/mol. The molecule has 0 aliphatic heterocycles. The molecule has 0 radical (unpaired) electrons. The molecule has 0 saturated carbocycles. The number of alkyl halides is 1. The molecule has 0 amide bonds. The highest BCUT2D eigenvalue weighted by molar-refractivity contribution is 7.89. The lowest BCUT2D eigenvalue weighted by Gasteiger charge is -2.24. The summed E-state index contributed by atoms with van der Waals surface area (Å²) in [6.45, 7) is 3.89. The molecule has 1 aromatic carbocycles. The molecule has 0 atom stereocenters. The van der Waals surface area contributed by atoms with E-state index in [1.165, 1.54) is 0 Å². The van der Waals surface area contributed by atoms with Gasteiger partial charge in [-0.3, -0.25) is 0 Å². The van der Waals surface area contributed by atoms with Crippen molar-refractivity contribution in [3.05, 3.63) is 29.8 Å². The van der Waals surface area contributed by atoms with Gasteiger partial charge in [0.2, 0.25) is 10.0 Å². The van der Waals surface area contributed by atoms with Gasteiger partial charge < -0.3 is 0 Å². The van der Waals surface area contributed by atoms with Gasteiger partial charge in [-0.05, 0) is 36.5 Å². The molecule has 0 fully saturated rings. The van der Waals surface area contributed by atoms with Crippen molar-refractivity contribution in [2.24, 2.45) is 5.41 Å². The third-order valence-corrected chi connectivity index (χ3v) is 4.59. The summed E-state index contributed by atoms with van der Waals surface area (Å²) in [5, 5.41) is 0. The molecule has 0 unspecified atom stereocenters. The van der Waals surface area contributed by atoms with Crippen molar-refractivity contribution in [2.75, 3.05) is 12.4 Å². The van der Waals surface area contributed by atoms with Gasteiger partial charge in [-0.1, -0.05) is 13.8 Å². The Hall–Kier alpha value is -0.720. The van der Waals surface area contributed by atoms with Gasteiger partial charge >= 0.3 is 0 Å². The summed E-state index contributed by atoms with van der Waals surface area (Å²) < 4.78 is 52.8. The average Bonchev–Trinajstić information content (AvgIpc) is 2.37. The molecule has 1 N–H and O–H groups in total. The number of rotatable bonds is 7. The number of hydrogen-bond acceptors (Lipinski definition) is 2. The maximum absolute atomic E-state index is 13.5. The van der Waals surface area contributed by atoms with E-state index in [9.17, 15) is 17.2 Å². The van der Waals surface area contributed by atoms with Crippen molar-refractivity contribution in [1.82, 2.24) is 4.72 Å². The fourth-order valence-electron chi connectivity index (χ4n) is 1.69. The zero-order valence-electron chi connectivity index (χ0n) is 11.4. The van der Waals surface area contributed by atoms with Crippen LogP contribution < -0.4 is 4.72 Å². The molecule has 0 heterocycles. The molecule has 1 rings (SSSR count). The van der Waals surface area contributed by atoms with Crippen molar-refractivity contribution in [1.29, 1.82) is 0 Å². The second kappa shape index (κ2) is 6.83. The molecular formula is C13H18ClF2NO2S. The molecule has 1 aromatic rings. The van der Waals surface area contributed by atoms with Crippen LogP contribution in [0, 0.1) is 17.0 Å². The van der Waals surface area contributed by atoms with E-state index in [0.717, 1.165) is 25.0 Å². The Morgan fingerprint density at radius 1 is 1.30 bits per heavy atom. The van der Waals surface area contributed by atoms with Crippen LogP contribution in [0.5, 0.6) is 0 Å². The Kier molecular flexibility index (Phi) is 5.91. The van der Waals surface area contributed by atoms with Gasteiger partial charge in [0, 0.05) is 12.4 Å². The predicted octanol–water partition coefficient (Wildman–Crippen LogP) is 3.29. The van der Waals surface area contributed by atoms with Crippen LogP contribution in [-0.4, -0.2) is 20.8 Å². The Balaban J connectivity index is 2.83. The van der Waals surface area contributed by atoms with Crippen LogP contribution in [0.25, 0.3) is 0 Å². The minimum absolute atomic E-state index is 0.127. The second-order valence-electron chi connectivity index (χ2n) is 5.36. The van der Waals surface area contributed by atoms with E-state index >= 15 is 0 Å². The van der Waals surface area contributed by atoms with Crippen LogP contribution in [0.15, 0.2) is 23.1 Å². The third kappa shape index (κ3) is 5.00. The van der Waals surface area contributed by atoms with Crippen LogP contribution >= 0.6 is 11.6 Å². The predicted molar refractivity (Wildman–Crippen MR) is 75.3 cm³/mol. The van der Waals surface area contributed by atoms with Crippen LogP contribution in [0.2, 0.25) is 0 Å². The van der Waals surface area contributed by atoms with Crippen LogP contribution in [-0.2, 0) is 10.0 Å². The largest absolute Gasteiger partial charge is 0.243 e. The summed E-state index contributed by atoms with van der Waals surface area (Å²) in [4.78, 5) is -0.675. The number of sulfonamides is 1. The lowest BCUT2D eigenvalue weighted by atomic mass is 9.88. The van der Waals surface area contributed by atoms with Crippen molar-refractivity contribution >= 4 is 21.6 Å². The van der Waals surface area contributed by atoms with Gasteiger partial charge in [0.25, 0.3) is 0 Å². The SMILES string of the molecule is CC(C)(CCCCl)CNS(=O)(=O)c1cc(F)ccc1F. The minimum atomic E-state index is -4.07. The van der Waals surface area contributed by atoms with Gasteiger partial charge in [0.05, 0.1) is 0 Å². The first-order valence-electron chi connectivity index (χ1n) is 6.19. The fourth-order valence-corrected chi connectivity index (χ4v) is 3.15. The van der Waals surface area contributed by atoms with Gasteiger partial charge in [-0.2, -0.15) is 0 Å². The minimum Gasteiger partial charge on any atom is -0.211 e. The maximum atomic E-state index is 13.5. The van der Waals surface area contributed by atoms with Gasteiger partial charge in [0.1, 0.15) is 16.5 Å². The first-order valence-corrected chi connectivity index (χ1v) is 8.20. The van der Waals surface area contributed by atoms with Gasteiger partial charge in [-0.25, -0.2) is 21.9 Å². The molecule has 0 aliphatic carbocycles. The summed E-state index contributed by atoms with van der Waals surface area (Å²) in [6, 6.07) is 2.34. The highest BCUT2D eigenvalue weighted by atomic mass is 35.5. The highest BCUT2D eigenvalue weighted by Crippen LogP contribution is 2.23. The van der Waals surface area contributed by atoms with E-state index < -0.39 is 26.6 Å². The zero-order chi connectivity index (χ0) is 15.4. The van der Waals surface area contributed by atoms with E-state index in [1.807, 2.05) is 13.8 Å². The molecule has 0 aromatic heterocycles. The normalized spacial score (nSPS) is 12.7. The quantitative estimate of drug-likeness (QED) is 0.782. The molecule has 114 valence electrons. The molecule has 0 saturated heterocycles. The van der Waals surface area contributed by atoms with Crippen LogP contribution in [0.3, 0.4) is 0 Å². The van der Waals surface area contributed by atoms with Crippen molar-refractivity contribution < 1.29 is 17.2 Å². The van der Waals surface area contributed by atoms with E-state index in [-0.39, 0.29) is 12.0 Å². The van der Waals surface area contributed by atoms with Crippen molar-refractivity contribution in [3.8, 4) is 0 Å². The first kappa shape index (κ1) is 17.3. The van der Waals surface area contributed by atoms with Crippen molar-refractivity contribution in [3.63, 3.8) is 0 Å². The first-order chi connectivity index (χ1) is 9.18. The number of benzene rings is 1. The lowest BCUT2D eigenvalue weighted by Crippen LogP contribution is -2.34. The molecule has 3 nitrogen and oxygen atoms in total.